The van der Waals surface area contributed by atoms with E-state index in [0.29, 0.717) is 12.0 Å². The van der Waals surface area contributed by atoms with Gasteiger partial charge < -0.3 is 14.5 Å². The topological polar surface area (TPSA) is 41.5 Å². The Bertz CT molecular complexity index is 391. The van der Waals surface area contributed by atoms with Crippen LogP contribution in [0.3, 0.4) is 0 Å². The monoisotopic (exact) mass is 234 g/mol. The molecule has 3 rings (SSSR count). The number of hydrogen-bond donors (Lipinski definition) is 0. The van der Waals surface area contributed by atoms with Gasteiger partial charge in [-0.3, -0.25) is 0 Å². The molecule has 0 unspecified atom stereocenters. The first-order valence-corrected chi connectivity index (χ1v) is 5.94. The van der Waals surface area contributed by atoms with Gasteiger partial charge in [-0.05, 0) is 7.05 Å². The predicted octanol–water partition coefficient (Wildman–Crippen LogP) is 0.375. The van der Waals surface area contributed by atoms with Gasteiger partial charge in [0.2, 0.25) is 5.95 Å². The first kappa shape index (κ1) is 10.9. The molecule has 2 fully saturated rings. The summed E-state index contributed by atoms with van der Waals surface area (Å²) in [6.07, 6.45) is 3.70. The molecule has 17 heavy (non-hydrogen) atoms. The second-order valence-corrected chi connectivity index (χ2v) is 5.35. The molecule has 0 amide bonds. The molecule has 5 nitrogen and oxygen atoms in total. The molecule has 0 aliphatic carbocycles. The van der Waals surface area contributed by atoms with Crippen LogP contribution in [-0.2, 0) is 11.3 Å². The molecule has 2 aliphatic heterocycles. The number of rotatable bonds is 3. The van der Waals surface area contributed by atoms with Crippen molar-refractivity contribution in [1.29, 1.82) is 0 Å². The highest BCUT2D eigenvalue weighted by Crippen LogP contribution is 2.39. The van der Waals surface area contributed by atoms with Crippen molar-refractivity contribution in [2.75, 3.05) is 45.2 Å². The molecular weight excluding hydrogens is 216 g/mol. The third-order valence-corrected chi connectivity index (χ3v) is 3.55. The lowest BCUT2D eigenvalue weighted by atomic mass is 9.73. The van der Waals surface area contributed by atoms with E-state index in [1.165, 1.54) is 13.1 Å². The fraction of sp³-hybridized carbons (Fsp3) is 0.667. The standard InChI is InChI=1S/C12H18N4O/c1-15-6-12(7-15)8-16(9-12)11-13-3-10(4-14-11)5-17-2/h3-4H,5-9H2,1-2H3. The van der Waals surface area contributed by atoms with Crippen LogP contribution >= 0.6 is 0 Å². The first-order valence-electron chi connectivity index (χ1n) is 5.94. The molecule has 0 radical (unpaired) electrons. The van der Waals surface area contributed by atoms with Gasteiger partial charge in [-0.25, -0.2) is 9.97 Å². The van der Waals surface area contributed by atoms with E-state index >= 15 is 0 Å². The molecule has 5 heteroatoms. The summed E-state index contributed by atoms with van der Waals surface area (Å²) in [6.45, 7) is 5.20. The van der Waals surface area contributed by atoms with E-state index in [4.69, 9.17) is 4.74 Å². The summed E-state index contributed by atoms with van der Waals surface area (Å²) in [7, 11) is 3.85. The molecule has 1 aromatic heterocycles. The molecule has 0 atom stereocenters. The van der Waals surface area contributed by atoms with E-state index < -0.39 is 0 Å². The van der Waals surface area contributed by atoms with Crippen LogP contribution in [0, 0.1) is 5.41 Å². The highest BCUT2D eigenvalue weighted by atomic mass is 16.5. The summed E-state index contributed by atoms with van der Waals surface area (Å²) in [5.74, 6) is 0.852. The second kappa shape index (κ2) is 3.92. The molecular formula is C12H18N4O. The van der Waals surface area contributed by atoms with Crippen LogP contribution < -0.4 is 4.90 Å². The summed E-state index contributed by atoms with van der Waals surface area (Å²) >= 11 is 0. The Morgan fingerprint density at radius 2 is 1.88 bits per heavy atom. The highest BCUT2D eigenvalue weighted by molar-refractivity contribution is 5.38. The van der Waals surface area contributed by atoms with Gasteiger partial charge in [0.15, 0.2) is 0 Å². The lowest BCUT2D eigenvalue weighted by molar-refractivity contribution is -0.00325. The van der Waals surface area contributed by atoms with Crippen molar-refractivity contribution >= 4 is 5.95 Å². The van der Waals surface area contributed by atoms with Crippen molar-refractivity contribution in [2.24, 2.45) is 5.41 Å². The van der Waals surface area contributed by atoms with E-state index in [9.17, 15) is 0 Å². The first-order chi connectivity index (χ1) is 8.21. The SMILES string of the molecule is COCc1cnc(N2CC3(CN(C)C3)C2)nc1. The number of nitrogens with zero attached hydrogens (tertiary/aromatic N) is 4. The van der Waals surface area contributed by atoms with E-state index in [2.05, 4.69) is 26.8 Å². The lowest BCUT2D eigenvalue weighted by Gasteiger charge is -2.59. The van der Waals surface area contributed by atoms with Crippen molar-refractivity contribution in [1.82, 2.24) is 14.9 Å². The molecule has 2 saturated heterocycles. The summed E-state index contributed by atoms with van der Waals surface area (Å²) in [5.41, 5.74) is 1.55. The fourth-order valence-corrected chi connectivity index (χ4v) is 2.96. The molecule has 0 N–H and O–H groups in total. The molecule has 1 aromatic rings. The molecule has 3 heterocycles. The minimum atomic E-state index is 0.531. The summed E-state index contributed by atoms with van der Waals surface area (Å²) in [4.78, 5) is 13.4. The van der Waals surface area contributed by atoms with E-state index in [-0.39, 0.29) is 0 Å². The van der Waals surface area contributed by atoms with Gasteiger partial charge in [0.1, 0.15) is 0 Å². The summed E-state index contributed by atoms with van der Waals surface area (Å²) in [6, 6.07) is 0. The number of likely N-dealkylation sites (tertiary alicyclic amines) is 1. The molecule has 1 spiro atoms. The molecule has 0 aromatic carbocycles. The fourth-order valence-electron chi connectivity index (χ4n) is 2.96. The van der Waals surface area contributed by atoms with Crippen LogP contribution in [0.1, 0.15) is 5.56 Å². The normalized spacial score (nSPS) is 22.4. The van der Waals surface area contributed by atoms with E-state index in [0.717, 1.165) is 24.6 Å². The predicted molar refractivity (Wildman–Crippen MR) is 64.9 cm³/mol. The van der Waals surface area contributed by atoms with Crippen LogP contribution in [0.2, 0.25) is 0 Å². The van der Waals surface area contributed by atoms with Crippen molar-refractivity contribution in [3.8, 4) is 0 Å². The average Bonchev–Trinajstić information content (AvgIpc) is 2.23. The Balaban J connectivity index is 1.59. The smallest absolute Gasteiger partial charge is 0.225 e. The van der Waals surface area contributed by atoms with Gasteiger partial charge in [-0.2, -0.15) is 0 Å². The zero-order valence-electron chi connectivity index (χ0n) is 10.4. The molecule has 0 saturated carbocycles. The maximum absolute atomic E-state index is 5.04. The van der Waals surface area contributed by atoms with Crippen LogP contribution in [0.25, 0.3) is 0 Å². The Labute approximate surface area is 101 Å². The Morgan fingerprint density at radius 1 is 1.24 bits per heavy atom. The van der Waals surface area contributed by atoms with Crippen molar-refractivity contribution < 1.29 is 4.74 Å². The molecule has 2 aliphatic rings. The van der Waals surface area contributed by atoms with Gasteiger partial charge in [-0.15, -0.1) is 0 Å². The number of methoxy groups -OCH3 is 1. The zero-order valence-corrected chi connectivity index (χ0v) is 10.4. The third-order valence-electron chi connectivity index (χ3n) is 3.55. The number of ether oxygens (including phenoxy) is 1. The summed E-state index contributed by atoms with van der Waals surface area (Å²) in [5, 5.41) is 0. The van der Waals surface area contributed by atoms with Crippen LogP contribution in [0.5, 0.6) is 0 Å². The van der Waals surface area contributed by atoms with Gasteiger partial charge in [-0.1, -0.05) is 0 Å². The van der Waals surface area contributed by atoms with Crippen LogP contribution in [-0.4, -0.2) is 55.2 Å². The van der Waals surface area contributed by atoms with Crippen LogP contribution in [0.15, 0.2) is 12.4 Å². The van der Waals surface area contributed by atoms with Crippen molar-refractivity contribution in [3.05, 3.63) is 18.0 Å². The van der Waals surface area contributed by atoms with Gasteiger partial charge in [0.25, 0.3) is 0 Å². The zero-order chi connectivity index (χ0) is 11.9. The van der Waals surface area contributed by atoms with Crippen molar-refractivity contribution in [2.45, 2.75) is 6.61 Å². The largest absolute Gasteiger partial charge is 0.380 e. The Hall–Kier alpha value is -1.20. The maximum atomic E-state index is 5.04. The average molecular weight is 234 g/mol. The quantitative estimate of drug-likeness (QED) is 0.756. The lowest BCUT2D eigenvalue weighted by Crippen LogP contribution is -2.71. The number of aromatic nitrogens is 2. The second-order valence-electron chi connectivity index (χ2n) is 5.35. The van der Waals surface area contributed by atoms with Gasteiger partial charge in [0.05, 0.1) is 6.61 Å². The van der Waals surface area contributed by atoms with Gasteiger partial charge in [0, 0.05) is 56.7 Å². The van der Waals surface area contributed by atoms with Gasteiger partial charge >= 0.3 is 0 Å². The van der Waals surface area contributed by atoms with E-state index in [1.807, 2.05) is 12.4 Å². The Kier molecular flexibility index (Phi) is 2.52. The summed E-state index contributed by atoms with van der Waals surface area (Å²) < 4.78 is 5.04. The van der Waals surface area contributed by atoms with E-state index in [1.54, 1.807) is 7.11 Å². The molecule has 92 valence electrons. The maximum Gasteiger partial charge on any atom is 0.225 e. The van der Waals surface area contributed by atoms with Crippen molar-refractivity contribution in [3.63, 3.8) is 0 Å². The number of hydrogen-bond acceptors (Lipinski definition) is 5. The molecule has 0 bridgehead atoms. The minimum Gasteiger partial charge on any atom is -0.380 e. The highest BCUT2D eigenvalue weighted by Gasteiger charge is 2.51. The Morgan fingerprint density at radius 3 is 2.41 bits per heavy atom. The third kappa shape index (κ3) is 1.89. The minimum absolute atomic E-state index is 0.531. The number of anilines is 1. The van der Waals surface area contributed by atoms with Crippen LogP contribution in [0.4, 0.5) is 5.95 Å².